The SMILES string of the molecule is O=C(COc1ccc2ccccc2c1)NCc1nnnn1C1CCCCC1. The molecule has 1 N–H and O–H groups in total. The summed E-state index contributed by atoms with van der Waals surface area (Å²) < 4.78 is 7.49. The number of carbonyl (C=O) groups excluding carboxylic acids is 1. The molecule has 1 aromatic heterocycles. The molecule has 1 amide bonds. The normalized spacial score (nSPS) is 15.0. The van der Waals surface area contributed by atoms with Crippen LogP contribution in [0.25, 0.3) is 10.8 Å². The number of ether oxygens (including phenoxy) is 1. The van der Waals surface area contributed by atoms with Crippen molar-refractivity contribution in [1.82, 2.24) is 25.5 Å². The molecular weight excluding hydrogens is 342 g/mol. The minimum Gasteiger partial charge on any atom is -0.484 e. The molecule has 0 bridgehead atoms. The molecule has 27 heavy (non-hydrogen) atoms. The summed E-state index contributed by atoms with van der Waals surface area (Å²) in [6, 6.07) is 14.2. The second-order valence-corrected chi connectivity index (χ2v) is 6.91. The first kappa shape index (κ1) is 17.5. The van der Waals surface area contributed by atoms with Gasteiger partial charge in [0.2, 0.25) is 0 Å². The molecule has 0 spiro atoms. The molecule has 1 fully saturated rings. The van der Waals surface area contributed by atoms with Crippen LogP contribution >= 0.6 is 0 Å². The highest BCUT2D eigenvalue weighted by Crippen LogP contribution is 2.27. The van der Waals surface area contributed by atoms with Crippen molar-refractivity contribution in [1.29, 1.82) is 0 Å². The Morgan fingerprint density at radius 1 is 1.11 bits per heavy atom. The summed E-state index contributed by atoms with van der Waals surface area (Å²) in [7, 11) is 0. The van der Waals surface area contributed by atoms with Crippen molar-refractivity contribution in [3.63, 3.8) is 0 Å². The number of fused-ring (bicyclic) bond motifs is 1. The summed E-state index contributed by atoms with van der Waals surface area (Å²) in [5, 5.41) is 17.0. The van der Waals surface area contributed by atoms with Gasteiger partial charge in [0.1, 0.15) is 5.75 Å². The minimum absolute atomic E-state index is 0.0384. The third-order valence-corrected chi connectivity index (χ3v) is 5.02. The topological polar surface area (TPSA) is 81.9 Å². The minimum atomic E-state index is -0.193. The molecule has 0 atom stereocenters. The standard InChI is InChI=1S/C20H23N5O2/c26-20(14-27-18-11-10-15-6-4-5-7-16(15)12-18)21-13-19-22-23-24-25(19)17-8-2-1-3-9-17/h4-7,10-12,17H,1-3,8-9,13-14H2,(H,21,26). The van der Waals surface area contributed by atoms with Crippen LogP contribution in [0.15, 0.2) is 42.5 Å². The second-order valence-electron chi connectivity index (χ2n) is 6.91. The van der Waals surface area contributed by atoms with Crippen LogP contribution < -0.4 is 10.1 Å². The number of nitrogens with zero attached hydrogens (tertiary/aromatic N) is 4. The molecule has 4 rings (SSSR count). The van der Waals surface area contributed by atoms with E-state index in [-0.39, 0.29) is 12.5 Å². The molecule has 2 aromatic carbocycles. The molecule has 140 valence electrons. The van der Waals surface area contributed by atoms with Gasteiger partial charge in [-0.2, -0.15) is 0 Å². The van der Waals surface area contributed by atoms with E-state index in [2.05, 4.69) is 20.8 Å². The molecule has 0 unspecified atom stereocenters. The lowest BCUT2D eigenvalue weighted by Gasteiger charge is -2.22. The van der Waals surface area contributed by atoms with Gasteiger partial charge in [-0.25, -0.2) is 4.68 Å². The molecule has 0 radical (unpaired) electrons. The zero-order valence-electron chi connectivity index (χ0n) is 15.2. The Hall–Kier alpha value is -2.96. The summed E-state index contributed by atoms with van der Waals surface area (Å²) >= 11 is 0. The van der Waals surface area contributed by atoms with E-state index in [4.69, 9.17) is 4.74 Å². The predicted octanol–water partition coefficient (Wildman–Crippen LogP) is 3.03. The maximum Gasteiger partial charge on any atom is 0.258 e. The molecule has 1 heterocycles. The van der Waals surface area contributed by atoms with Crippen molar-refractivity contribution < 1.29 is 9.53 Å². The number of carbonyl (C=O) groups is 1. The average molecular weight is 365 g/mol. The van der Waals surface area contributed by atoms with Crippen molar-refractivity contribution in [3.8, 4) is 5.75 Å². The third kappa shape index (κ3) is 4.24. The Kier molecular flexibility index (Phi) is 5.27. The van der Waals surface area contributed by atoms with E-state index in [1.165, 1.54) is 19.3 Å². The van der Waals surface area contributed by atoms with Gasteiger partial charge in [-0.3, -0.25) is 4.79 Å². The van der Waals surface area contributed by atoms with E-state index in [9.17, 15) is 4.79 Å². The van der Waals surface area contributed by atoms with E-state index >= 15 is 0 Å². The predicted molar refractivity (Wildman–Crippen MR) is 101 cm³/mol. The smallest absolute Gasteiger partial charge is 0.258 e. The maximum absolute atomic E-state index is 12.1. The number of amides is 1. The number of tetrazole rings is 1. The largest absolute Gasteiger partial charge is 0.484 e. The highest BCUT2D eigenvalue weighted by atomic mass is 16.5. The van der Waals surface area contributed by atoms with Gasteiger partial charge in [0.15, 0.2) is 12.4 Å². The lowest BCUT2D eigenvalue weighted by molar-refractivity contribution is -0.123. The van der Waals surface area contributed by atoms with E-state index in [0.717, 1.165) is 23.6 Å². The lowest BCUT2D eigenvalue weighted by Crippen LogP contribution is -2.30. The van der Waals surface area contributed by atoms with Crippen LogP contribution in [0.1, 0.15) is 44.0 Å². The summed E-state index contributed by atoms with van der Waals surface area (Å²) in [5.74, 6) is 1.18. The van der Waals surface area contributed by atoms with Crippen molar-refractivity contribution in [2.45, 2.75) is 44.7 Å². The van der Waals surface area contributed by atoms with E-state index in [0.29, 0.717) is 24.2 Å². The quantitative estimate of drug-likeness (QED) is 0.726. The maximum atomic E-state index is 12.1. The van der Waals surface area contributed by atoms with Crippen LogP contribution in [-0.4, -0.2) is 32.7 Å². The Morgan fingerprint density at radius 3 is 2.78 bits per heavy atom. The van der Waals surface area contributed by atoms with Gasteiger partial charge >= 0.3 is 0 Å². The van der Waals surface area contributed by atoms with Crippen molar-refractivity contribution >= 4 is 16.7 Å². The van der Waals surface area contributed by atoms with Gasteiger partial charge < -0.3 is 10.1 Å². The van der Waals surface area contributed by atoms with Crippen LogP contribution in [0, 0.1) is 0 Å². The third-order valence-electron chi connectivity index (χ3n) is 5.02. The molecule has 1 aliphatic carbocycles. The molecular formula is C20H23N5O2. The van der Waals surface area contributed by atoms with Gasteiger partial charge in [-0.05, 0) is 46.2 Å². The van der Waals surface area contributed by atoms with E-state index < -0.39 is 0 Å². The monoisotopic (exact) mass is 365 g/mol. The van der Waals surface area contributed by atoms with Crippen molar-refractivity contribution in [2.24, 2.45) is 0 Å². The highest BCUT2D eigenvalue weighted by molar-refractivity contribution is 5.84. The first-order chi connectivity index (χ1) is 13.3. The van der Waals surface area contributed by atoms with Crippen LogP contribution in [0.3, 0.4) is 0 Å². The summed E-state index contributed by atoms with van der Waals surface area (Å²) in [5.41, 5.74) is 0. The van der Waals surface area contributed by atoms with Crippen LogP contribution in [0.2, 0.25) is 0 Å². The molecule has 7 heteroatoms. The Morgan fingerprint density at radius 2 is 1.93 bits per heavy atom. The summed E-state index contributed by atoms with van der Waals surface area (Å²) in [6.45, 7) is 0.271. The zero-order valence-corrected chi connectivity index (χ0v) is 15.2. The Labute approximate surface area is 157 Å². The van der Waals surface area contributed by atoms with E-state index in [1.807, 2.05) is 47.1 Å². The van der Waals surface area contributed by atoms with Gasteiger partial charge in [0.25, 0.3) is 5.91 Å². The summed E-state index contributed by atoms with van der Waals surface area (Å²) in [6.07, 6.45) is 5.87. The fourth-order valence-electron chi connectivity index (χ4n) is 3.57. The number of rotatable bonds is 6. The second kappa shape index (κ2) is 8.16. The molecule has 7 nitrogen and oxygen atoms in total. The average Bonchev–Trinajstić information content (AvgIpc) is 3.20. The Balaban J connectivity index is 1.30. The first-order valence-electron chi connectivity index (χ1n) is 9.44. The fraction of sp³-hybridized carbons (Fsp3) is 0.400. The molecule has 0 saturated heterocycles. The van der Waals surface area contributed by atoms with Crippen LogP contribution in [0.4, 0.5) is 0 Å². The van der Waals surface area contributed by atoms with Gasteiger partial charge in [0.05, 0.1) is 12.6 Å². The molecule has 0 aliphatic heterocycles. The number of aromatic nitrogens is 4. The van der Waals surface area contributed by atoms with Crippen molar-refractivity contribution in [3.05, 3.63) is 48.3 Å². The lowest BCUT2D eigenvalue weighted by atomic mass is 9.96. The zero-order chi connectivity index (χ0) is 18.5. The van der Waals surface area contributed by atoms with E-state index in [1.54, 1.807) is 0 Å². The highest BCUT2D eigenvalue weighted by Gasteiger charge is 2.20. The number of nitrogens with one attached hydrogen (secondary N) is 1. The Bertz CT molecular complexity index is 917. The summed E-state index contributed by atoms with van der Waals surface area (Å²) in [4.78, 5) is 12.1. The van der Waals surface area contributed by atoms with Crippen LogP contribution in [-0.2, 0) is 11.3 Å². The number of hydrogen-bond acceptors (Lipinski definition) is 5. The fourth-order valence-corrected chi connectivity index (χ4v) is 3.57. The molecule has 1 saturated carbocycles. The number of benzene rings is 2. The first-order valence-corrected chi connectivity index (χ1v) is 9.44. The van der Waals surface area contributed by atoms with Gasteiger partial charge in [-0.1, -0.05) is 49.6 Å². The van der Waals surface area contributed by atoms with Gasteiger partial charge in [0, 0.05) is 0 Å². The number of hydrogen-bond donors (Lipinski definition) is 1. The van der Waals surface area contributed by atoms with Crippen LogP contribution in [0.5, 0.6) is 5.75 Å². The van der Waals surface area contributed by atoms with Crippen molar-refractivity contribution in [2.75, 3.05) is 6.61 Å². The molecule has 1 aliphatic rings. The molecule has 3 aromatic rings. The van der Waals surface area contributed by atoms with Gasteiger partial charge in [-0.15, -0.1) is 5.10 Å².